The van der Waals surface area contributed by atoms with E-state index < -0.39 is 35.3 Å². The second kappa shape index (κ2) is 16.1. The minimum atomic E-state index is -0.638. The molecule has 0 bridgehead atoms. The molecule has 51 heavy (non-hydrogen) atoms. The molecule has 0 spiro atoms. The first-order chi connectivity index (χ1) is 23.6. The summed E-state index contributed by atoms with van der Waals surface area (Å²) in [6.45, 7) is 22.0. The molecule has 10 heteroatoms. The summed E-state index contributed by atoms with van der Waals surface area (Å²) in [6.07, 6.45) is 10.9. The minimum absolute atomic E-state index is 0.0993. The summed E-state index contributed by atoms with van der Waals surface area (Å²) in [5.74, 6) is 2.14. The van der Waals surface area contributed by atoms with Crippen molar-refractivity contribution in [2.75, 3.05) is 13.1 Å². The molecule has 9 atom stereocenters. The molecular weight excluding hydrogens is 648 g/mol. The van der Waals surface area contributed by atoms with E-state index in [1.165, 1.54) is 18.4 Å². The van der Waals surface area contributed by atoms with Crippen molar-refractivity contribution < 1.29 is 38.1 Å². The van der Waals surface area contributed by atoms with E-state index in [9.17, 15) is 19.2 Å². The van der Waals surface area contributed by atoms with Crippen LogP contribution in [0.5, 0.6) is 0 Å². The monoisotopic (exact) mass is 716 g/mol. The molecule has 8 unspecified atom stereocenters. The second-order valence-electron chi connectivity index (χ2n) is 18.9. The molecule has 4 aliphatic carbocycles. The molecule has 0 aliphatic heterocycles. The highest BCUT2D eigenvalue weighted by atomic mass is 16.6. The Morgan fingerprint density at radius 2 is 1.41 bits per heavy atom. The first kappa shape index (κ1) is 41.0. The molecule has 0 heterocycles. The van der Waals surface area contributed by atoms with Gasteiger partial charge in [-0.15, -0.1) is 0 Å². The van der Waals surface area contributed by atoms with E-state index in [1.54, 1.807) is 41.5 Å². The van der Waals surface area contributed by atoms with E-state index in [0.29, 0.717) is 29.6 Å². The Bertz CT molecular complexity index is 1300. The topological polar surface area (TPSA) is 129 Å². The lowest BCUT2D eigenvalue weighted by Gasteiger charge is -2.58. The molecule has 2 N–H and O–H groups in total. The average molecular weight is 717 g/mol. The van der Waals surface area contributed by atoms with Gasteiger partial charge in [0.2, 0.25) is 0 Å². The fraction of sp³-hybridized carbons (Fsp3) is 0.854. The zero-order chi connectivity index (χ0) is 37.9. The highest BCUT2D eigenvalue weighted by Gasteiger charge is 2.60. The van der Waals surface area contributed by atoms with Gasteiger partial charge in [0.1, 0.15) is 36.5 Å². The normalized spacial score (nSPS) is 31.5. The van der Waals surface area contributed by atoms with Crippen LogP contribution in [0, 0.1) is 46.3 Å². The third-order valence-electron chi connectivity index (χ3n) is 12.5. The summed E-state index contributed by atoms with van der Waals surface area (Å²) in [4.78, 5) is 49.9. The maximum absolute atomic E-state index is 13.0. The first-order valence-corrected chi connectivity index (χ1v) is 19.6. The third kappa shape index (κ3) is 10.4. The van der Waals surface area contributed by atoms with Gasteiger partial charge in [-0.05, 0) is 146 Å². The van der Waals surface area contributed by atoms with Gasteiger partial charge in [0.25, 0.3) is 0 Å². The number of hydrogen-bond donors (Lipinski definition) is 2. The number of fused-ring (bicyclic) bond motifs is 5. The Hall–Kier alpha value is -2.78. The van der Waals surface area contributed by atoms with Gasteiger partial charge in [0, 0.05) is 6.42 Å². The third-order valence-corrected chi connectivity index (χ3v) is 12.5. The van der Waals surface area contributed by atoms with Crippen LogP contribution in [0.25, 0.3) is 0 Å². The molecule has 0 saturated heterocycles. The Kier molecular flexibility index (Phi) is 12.9. The van der Waals surface area contributed by atoms with E-state index in [2.05, 4.69) is 51.3 Å². The molecule has 3 fully saturated rings. The summed E-state index contributed by atoms with van der Waals surface area (Å²) in [5, 5.41) is 5.09. The molecule has 3 saturated carbocycles. The molecule has 10 nitrogen and oxygen atoms in total. The summed E-state index contributed by atoms with van der Waals surface area (Å²) < 4.78 is 22.6. The average Bonchev–Trinajstić information content (AvgIpc) is 3.36. The van der Waals surface area contributed by atoms with E-state index in [1.807, 2.05) is 0 Å². The van der Waals surface area contributed by atoms with Crippen molar-refractivity contribution in [3.05, 3.63) is 11.6 Å². The minimum Gasteiger partial charge on any atom is -0.461 e. The van der Waals surface area contributed by atoms with Gasteiger partial charge in [0.05, 0.1) is 0 Å². The number of hydrogen-bond acceptors (Lipinski definition) is 8. The van der Waals surface area contributed by atoms with Gasteiger partial charge in [-0.25, -0.2) is 9.59 Å². The Morgan fingerprint density at radius 1 is 0.804 bits per heavy atom. The van der Waals surface area contributed by atoms with Crippen LogP contribution in [0.3, 0.4) is 0 Å². The maximum Gasteiger partial charge on any atom is 0.408 e. The lowest BCUT2D eigenvalue weighted by atomic mass is 9.47. The molecular formula is C41H68N2O8. The predicted octanol–water partition coefficient (Wildman–Crippen LogP) is 8.51. The van der Waals surface area contributed by atoms with Crippen molar-refractivity contribution in [2.24, 2.45) is 46.3 Å². The summed E-state index contributed by atoms with van der Waals surface area (Å²) in [7, 11) is 0. The van der Waals surface area contributed by atoms with Crippen molar-refractivity contribution in [3.8, 4) is 0 Å². The van der Waals surface area contributed by atoms with Crippen LogP contribution < -0.4 is 10.6 Å². The van der Waals surface area contributed by atoms with Crippen molar-refractivity contribution in [1.82, 2.24) is 10.6 Å². The number of carbonyl (C=O) groups is 4. The second-order valence-corrected chi connectivity index (χ2v) is 18.9. The Morgan fingerprint density at radius 3 is 2.00 bits per heavy atom. The number of esters is 2. The summed E-state index contributed by atoms with van der Waals surface area (Å²) >= 11 is 0. The zero-order valence-electron chi connectivity index (χ0n) is 33.4. The van der Waals surface area contributed by atoms with E-state index in [-0.39, 0.29) is 42.0 Å². The molecule has 290 valence electrons. The van der Waals surface area contributed by atoms with Gasteiger partial charge >= 0.3 is 24.1 Å². The van der Waals surface area contributed by atoms with E-state index >= 15 is 0 Å². The Balaban J connectivity index is 1.38. The number of carbonyl (C=O) groups excluding carboxylic acids is 4. The van der Waals surface area contributed by atoms with Gasteiger partial charge in [-0.1, -0.05) is 46.3 Å². The van der Waals surface area contributed by atoms with Gasteiger partial charge in [-0.2, -0.15) is 0 Å². The van der Waals surface area contributed by atoms with Crippen LogP contribution in [-0.2, 0) is 28.5 Å². The van der Waals surface area contributed by atoms with Crippen LogP contribution in [0.4, 0.5) is 9.59 Å². The predicted molar refractivity (Wildman–Crippen MR) is 197 cm³/mol. The van der Waals surface area contributed by atoms with Crippen LogP contribution >= 0.6 is 0 Å². The number of amides is 2. The summed E-state index contributed by atoms with van der Waals surface area (Å²) in [6, 6.07) is 0. The molecule has 4 aliphatic rings. The quantitative estimate of drug-likeness (QED) is 0.124. The standard InChI is InChI=1S/C41H68N2O8/c1-25(2)12-17-33(49-35(45)24-43-37(47)51-39(7,8)9)26(3)30-15-16-31-29-14-13-27-22-28(48-34(44)23-42-36(46)50-38(4,5)6)18-20-40(27,10)32(29)19-21-41(30,31)11/h13,25-26,28-33H,12,14-24H2,1-11H3,(H,42,46)(H,43,47)/t26-,28?,29?,30?,31?,32?,33?,40?,41?/m0/s1. The molecule has 2 amide bonds. The molecule has 0 aromatic rings. The zero-order valence-corrected chi connectivity index (χ0v) is 33.4. The van der Waals surface area contributed by atoms with Crippen molar-refractivity contribution >= 4 is 24.1 Å². The smallest absolute Gasteiger partial charge is 0.408 e. The van der Waals surface area contributed by atoms with Crippen LogP contribution in [0.1, 0.15) is 140 Å². The fourth-order valence-corrected chi connectivity index (χ4v) is 10.2. The van der Waals surface area contributed by atoms with Crippen molar-refractivity contribution in [2.45, 2.75) is 164 Å². The summed E-state index contributed by atoms with van der Waals surface area (Å²) in [5.41, 5.74) is 0.436. The fourth-order valence-electron chi connectivity index (χ4n) is 10.2. The van der Waals surface area contributed by atoms with Crippen molar-refractivity contribution in [1.29, 1.82) is 0 Å². The molecule has 4 rings (SSSR count). The largest absolute Gasteiger partial charge is 0.461 e. The lowest BCUT2D eigenvalue weighted by Crippen LogP contribution is -2.51. The Labute approximate surface area is 307 Å². The van der Waals surface area contributed by atoms with Crippen molar-refractivity contribution in [3.63, 3.8) is 0 Å². The number of ether oxygens (including phenoxy) is 4. The SMILES string of the molecule is CC(C)CCC(OC(=O)CNC(=O)OC(C)(C)C)[C@@H](C)C1CCC2C3CC=C4CC(OC(=O)CNC(=O)OC(C)(C)C)CCC4(C)C3CCC21C. The van der Waals surface area contributed by atoms with Gasteiger partial charge in [0.15, 0.2) is 0 Å². The molecule has 0 radical (unpaired) electrons. The van der Waals surface area contributed by atoms with Crippen LogP contribution in [0.2, 0.25) is 0 Å². The van der Waals surface area contributed by atoms with Gasteiger partial charge < -0.3 is 29.6 Å². The number of alkyl carbamates (subject to hydrolysis) is 2. The first-order valence-electron chi connectivity index (χ1n) is 19.6. The van der Waals surface area contributed by atoms with E-state index in [4.69, 9.17) is 18.9 Å². The molecule has 0 aromatic heterocycles. The van der Waals surface area contributed by atoms with E-state index in [0.717, 1.165) is 51.4 Å². The van der Waals surface area contributed by atoms with Gasteiger partial charge in [-0.3, -0.25) is 9.59 Å². The van der Waals surface area contributed by atoms with Crippen LogP contribution in [0.15, 0.2) is 11.6 Å². The number of allylic oxidation sites excluding steroid dienone is 1. The number of rotatable bonds is 11. The number of nitrogens with one attached hydrogen (secondary N) is 2. The highest BCUT2D eigenvalue weighted by Crippen LogP contribution is 2.67. The lowest BCUT2D eigenvalue weighted by molar-refractivity contribution is -0.154. The highest BCUT2D eigenvalue weighted by molar-refractivity contribution is 5.78. The van der Waals surface area contributed by atoms with Crippen LogP contribution in [-0.4, -0.2) is 60.6 Å². The molecule has 0 aromatic carbocycles. The maximum atomic E-state index is 13.0.